The van der Waals surface area contributed by atoms with Gasteiger partial charge in [0.05, 0.1) is 5.41 Å². The molecule has 3 rings (SSSR count). The molecule has 3 heteroatoms. The van der Waals surface area contributed by atoms with Crippen LogP contribution in [0.5, 0.6) is 0 Å². The summed E-state index contributed by atoms with van der Waals surface area (Å²) >= 11 is 0. The molecular formula is C17H18NO2+. The minimum atomic E-state index is -0.688. The van der Waals surface area contributed by atoms with Gasteiger partial charge in [0.1, 0.15) is 6.54 Å². The Labute approximate surface area is 118 Å². The highest BCUT2D eigenvalue weighted by atomic mass is 16.4. The minimum absolute atomic E-state index is 0.232. The first-order chi connectivity index (χ1) is 9.73. The lowest BCUT2D eigenvalue weighted by molar-refractivity contribution is -0.697. The maximum atomic E-state index is 11.7. The third kappa shape index (κ3) is 2.20. The molecule has 1 aliphatic carbocycles. The number of aryl methyl sites for hydroxylation is 1. The summed E-state index contributed by atoms with van der Waals surface area (Å²) in [6.07, 6.45) is 5.69. The number of carboxylic acids is 1. The van der Waals surface area contributed by atoms with Gasteiger partial charge in [-0.25, -0.2) is 4.57 Å². The van der Waals surface area contributed by atoms with Gasteiger partial charge in [0, 0.05) is 18.6 Å². The predicted molar refractivity (Wildman–Crippen MR) is 75.1 cm³/mol. The normalized spacial score (nSPS) is 24.3. The third-order valence-corrected chi connectivity index (χ3v) is 4.29. The lowest BCUT2D eigenvalue weighted by Gasteiger charge is -2.12. The molecule has 0 spiro atoms. The van der Waals surface area contributed by atoms with Gasteiger partial charge in [-0.1, -0.05) is 36.4 Å². The van der Waals surface area contributed by atoms with E-state index in [0.29, 0.717) is 0 Å². The zero-order valence-corrected chi connectivity index (χ0v) is 11.3. The van der Waals surface area contributed by atoms with Crippen molar-refractivity contribution in [3.8, 4) is 0 Å². The number of aromatic nitrogens is 1. The van der Waals surface area contributed by atoms with E-state index in [1.54, 1.807) is 0 Å². The summed E-state index contributed by atoms with van der Waals surface area (Å²) in [5, 5.41) is 9.62. The molecular weight excluding hydrogens is 250 g/mol. The fourth-order valence-corrected chi connectivity index (χ4v) is 3.04. The molecule has 102 valence electrons. The smallest absolute Gasteiger partial charge is 0.314 e. The predicted octanol–water partition coefficient (Wildman–Crippen LogP) is 2.41. The number of nitrogens with zero attached hydrogens (tertiary/aromatic N) is 1. The van der Waals surface area contributed by atoms with Crippen LogP contribution in [0.15, 0.2) is 60.9 Å². The zero-order valence-electron chi connectivity index (χ0n) is 11.3. The molecule has 1 aromatic carbocycles. The van der Waals surface area contributed by atoms with Crippen LogP contribution in [0.3, 0.4) is 0 Å². The minimum Gasteiger partial charge on any atom is -0.481 e. The molecule has 0 radical (unpaired) electrons. The van der Waals surface area contributed by atoms with Crippen LogP contribution in [0.1, 0.15) is 18.4 Å². The van der Waals surface area contributed by atoms with Gasteiger partial charge in [0.15, 0.2) is 12.4 Å². The molecule has 0 amide bonds. The van der Waals surface area contributed by atoms with E-state index in [9.17, 15) is 9.90 Å². The Balaban J connectivity index is 1.72. The zero-order chi connectivity index (χ0) is 14.0. The highest BCUT2D eigenvalue weighted by molar-refractivity contribution is 5.85. The number of carbonyl (C=O) groups is 1. The summed E-state index contributed by atoms with van der Waals surface area (Å²) in [7, 11) is 0. The van der Waals surface area contributed by atoms with E-state index < -0.39 is 11.4 Å². The van der Waals surface area contributed by atoms with Gasteiger partial charge < -0.3 is 5.11 Å². The van der Waals surface area contributed by atoms with Crippen LogP contribution in [-0.4, -0.2) is 11.1 Å². The monoisotopic (exact) mass is 268 g/mol. The second kappa shape index (κ2) is 5.08. The Morgan fingerprint density at radius 3 is 2.45 bits per heavy atom. The Morgan fingerprint density at radius 1 is 1.15 bits per heavy atom. The van der Waals surface area contributed by atoms with Crippen molar-refractivity contribution in [2.24, 2.45) is 5.92 Å². The molecule has 1 aromatic heterocycles. The summed E-state index contributed by atoms with van der Waals surface area (Å²) in [5.74, 6) is -0.457. The van der Waals surface area contributed by atoms with Crippen molar-refractivity contribution in [1.29, 1.82) is 0 Å². The number of benzene rings is 1. The molecule has 1 aliphatic rings. The lowest BCUT2D eigenvalue weighted by atomic mass is 9.92. The van der Waals surface area contributed by atoms with Gasteiger partial charge >= 0.3 is 5.97 Å². The number of carboxylic acid groups (broad SMARTS) is 1. The standard InChI is InChI=1S/C17H17NO2/c19-16(20)17(14-7-3-1-4-8-14)13-15(17)9-12-18-10-5-2-6-11-18/h1-8,10-11,15H,9,12-13H2/p+1. The van der Waals surface area contributed by atoms with Gasteiger partial charge in [-0.05, 0) is 17.9 Å². The summed E-state index contributed by atoms with van der Waals surface area (Å²) in [6, 6.07) is 15.6. The fourth-order valence-electron chi connectivity index (χ4n) is 3.04. The number of pyridine rings is 1. The molecule has 1 fully saturated rings. The second-order valence-electron chi connectivity index (χ2n) is 5.45. The van der Waals surface area contributed by atoms with Crippen molar-refractivity contribution in [3.63, 3.8) is 0 Å². The summed E-state index contributed by atoms with van der Waals surface area (Å²) in [4.78, 5) is 11.7. The molecule has 2 unspecified atom stereocenters. The lowest BCUT2D eigenvalue weighted by Crippen LogP contribution is -2.33. The van der Waals surface area contributed by atoms with Crippen LogP contribution in [0, 0.1) is 5.92 Å². The Hall–Kier alpha value is -2.16. The van der Waals surface area contributed by atoms with Gasteiger partial charge in [-0.3, -0.25) is 4.79 Å². The van der Waals surface area contributed by atoms with Crippen LogP contribution in [-0.2, 0) is 16.8 Å². The molecule has 1 heterocycles. The van der Waals surface area contributed by atoms with Crippen molar-refractivity contribution in [2.45, 2.75) is 24.8 Å². The van der Waals surface area contributed by atoms with E-state index in [4.69, 9.17) is 0 Å². The highest BCUT2D eigenvalue weighted by Crippen LogP contribution is 2.56. The SMILES string of the molecule is O=C(O)C1(c2ccccc2)CC1CC[n+]1ccccc1. The van der Waals surface area contributed by atoms with Crippen molar-refractivity contribution < 1.29 is 14.5 Å². The second-order valence-corrected chi connectivity index (χ2v) is 5.45. The van der Waals surface area contributed by atoms with E-state index >= 15 is 0 Å². The van der Waals surface area contributed by atoms with E-state index in [1.165, 1.54) is 0 Å². The number of aliphatic carboxylic acids is 1. The van der Waals surface area contributed by atoms with Gasteiger partial charge in [0.25, 0.3) is 0 Å². The van der Waals surface area contributed by atoms with Crippen LogP contribution < -0.4 is 4.57 Å². The molecule has 1 saturated carbocycles. The number of hydrogen-bond donors (Lipinski definition) is 1. The molecule has 0 aliphatic heterocycles. The van der Waals surface area contributed by atoms with Crippen LogP contribution in [0.2, 0.25) is 0 Å². The molecule has 0 bridgehead atoms. The molecule has 2 atom stereocenters. The summed E-state index contributed by atoms with van der Waals surface area (Å²) in [6.45, 7) is 0.868. The largest absolute Gasteiger partial charge is 0.481 e. The molecule has 20 heavy (non-hydrogen) atoms. The van der Waals surface area contributed by atoms with Crippen LogP contribution in [0.4, 0.5) is 0 Å². The third-order valence-electron chi connectivity index (χ3n) is 4.29. The average molecular weight is 268 g/mol. The Kier molecular flexibility index (Phi) is 3.26. The van der Waals surface area contributed by atoms with Crippen LogP contribution >= 0.6 is 0 Å². The number of rotatable bonds is 5. The van der Waals surface area contributed by atoms with E-state index in [0.717, 1.165) is 24.9 Å². The topological polar surface area (TPSA) is 41.2 Å². The first-order valence-electron chi connectivity index (χ1n) is 6.96. The van der Waals surface area contributed by atoms with E-state index in [1.807, 2.05) is 60.9 Å². The molecule has 2 aromatic rings. The maximum absolute atomic E-state index is 11.7. The maximum Gasteiger partial charge on any atom is 0.314 e. The summed E-state index contributed by atoms with van der Waals surface area (Å²) < 4.78 is 2.11. The quantitative estimate of drug-likeness (QED) is 0.846. The van der Waals surface area contributed by atoms with Crippen molar-refractivity contribution in [2.75, 3.05) is 0 Å². The van der Waals surface area contributed by atoms with Crippen LogP contribution in [0.25, 0.3) is 0 Å². The number of hydrogen-bond acceptors (Lipinski definition) is 1. The van der Waals surface area contributed by atoms with Gasteiger partial charge in [0.2, 0.25) is 0 Å². The molecule has 3 nitrogen and oxygen atoms in total. The van der Waals surface area contributed by atoms with E-state index in [2.05, 4.69) is 4.57 Å². The van der Waals surface area contributed by atoms with Gasteiger partial charge in [-0.2, -0.15) is 0 Å². The Morgan fingerprint density at radius 2 is 1.80 bits per heavy atom. The van der Waals surface area contributed by atoms with Gasteiger partial charge in [-0.15, -0.1) is 0 Å². The average Bonchev–Trinajstić information content (AvgIpc) is 3.23. The first kappa shape index (κ1) is 12.9. The van der Waals surface area contributed by atoms with Crippen molar-refractivity contribution in [1.82, 2.24) is 0 Å². The van der Waals surface area contributed by atoms with Crippen molar-refractivity contribution in [3.05, 3.63) is 66.5 Å². The molecule has 0 saturated heterocycles. The highest BCUT2D eigenvalue weighted by Gasteiger charge is 2.61. The molecule has 1 N–H and O–H groups in total. The van der Waals surface area contributed by atoms with Crippen molar-refractivity contribution >= 4 is 5.97 Å². The van der Waals surface area contributed by atoms with E-state index in [-0.39, 0.29) is 5.92 Å². The Bertz CT molecular complexity index is 597. The fraction of sp³-hybridized carbons (Fsp3) is 0.294. The first-order valence-corrected chi connectivity index (χ1v) is 6.96. The summed E-state index contributed by atoms with van der Waals surface area (Å²) in [5.41, 5.74) is 0.284.